The first-order valence-corrected chi connectivity index (χ1v) is 4.62. The lowest BCUT2D eigenvalue weighted by molar-refractivity contribution is 0.234. The van der Waals surface area contributed by atoms with Gasteiger partial charge in [0, 0.05) is 6.61 Å². The average Bonchev–Trinajstić information content (AvgIpc) is 1.81. The van der Waals surface area contributed by atoms with E-state index in [9.17, 15) is 8.42 Å². The molecule has 62 valence electrons. The van der Waals surface area contributed by atoms with E-state index < -0.39 is 10.1 Å². The van der Waals surface area contributed by atoms with Gasteiger partial charge in [-0.25, -0.2) is 0 Å². The quantitative estimate of drug-likeness (QED) is 0.574. The fourth-order valence-corrected chi connectivity index (χ4v) is 1.14. The van der Waals surface area contributed by atoms with E-state index in [4.69, 9.17) is 9.66 Å². The van der Waals surface area contributed by atoms with Crippen molar-refractivity contribution >= 4 is 10.1 Å². The van der Waals surface area contributed by atoms with Crippen LogP contribution in [0.3, 0.4) is 0 Å². The third-order valence-corrected chi connectivity index (χ3v) is 1.93. The Morgan fingerprint density at radius 1 is 1.50 bits per heavy atom. The molecule has 0 aromatic heterocycles. The first-order chi connectivity index (χ1) is 4.45. The van der Waals surface area contributed by atoms with Gasteiger partial charge in [0.1, 0.15) is 0 Å². The highest BCUT2D eigenvalue weighted by Gasteiger charge is 2.07. The van der Waals surface area contributed by atoms with Gasteiger partial charge in [0.25, 0.3) is 10.1 Å². The molecule has 10 heavy (non-hydrogen) atoms. The number of rotatable bonds is 4. The molecule has 0 aromatic carbocycles. The summed E-state index contributed by atoms with van der Waals surface area (Å²) < 4.78 is 28.5. The summed E-state index contributed by atoms with van der Waals surface area (Å²) in [5.41, 5.74) is 0. The third kappa shape index (κ3) is 6.00. The van der Waals surface area contributed by atoms with E-state index in [1.807, 2.05) is 0 Å². The summed E-state index contributed by atoms with van der Waals surface area (Å²) in [6.45, 7) is 1.67. The summed E-state index contributed by atoms with van der Waals surface area (Å²) in [4.78, 5) is 0. The fourth-order valence-electron chi connectivity index (χ4n) is 0.441. The van der Waals surface area contributed by atoms with Crippen LogP contribution in [0.25, 0.3) is 0 Å². The molecule has 0 saturated carbocycles. The molecule has 1 unspecified atom stereocenters. The van der Waals surface area contributed by atoms with Gasteiger partial charge in [-0.05, 0) is 12.3 Å². The highest BCUT2D eigenvalue weighted by Crippen LogP contribution is 2.01. The van der Waals surface area contributed by atoms with Crippen LogP contribution in [0, 0.1) is 5.92 Å². The molecule has 2 N–H and O–H groups in total. The minimum absolute atomic E-state index is 0.0461. The molecule has 0 rings (SSSR count). The van der Waals surface area contributed by atoms with Crippen LogP contribution in [0.4, 0.5) is 0 Å². The summed E-state index contributed by atoms with van der Waals surface area (Å²) in [5.74, 6) is -0.337. The van der Waals surface area contributed by atoms with Crippen LogP contribution in [-0.2, 0) is 10.1 Å². The third-order valence-electron chi connectivity index (χ3n) is 1.18. The molecule has 0 spiro atoms. The maximum atomic E-state index is 10.1. The zero-order valence-corrected chi connectivity index (χ0v) is 6.63. The van der Waals surface area contributed by atoms with Crippen LogP contribution in [0.2, 0.25) is 0 Å². The predicted molar refractivity (Wildman–Crippen MR) is 37.3 cm³/mol. The van der Waals surface area contributed by atoms with Gasteiger partial charge in [-0.1, -0.05) is 6.92 Å². The van der Waals surface area contributed by atoms with Crippen molar-refractivity contribution in [3.63, 3.8) is 0 Å². The SMILES string of the molecule is CC(CO)CCS(=O)(=O)O. The summed E-state index contributed by atoms with van der Waals surface area (Å²) in [5, 5.41) is 8.46. The summed E-state index contributed by atoms with van der Waals surface area (Å²) in [6, 6.07) is 0. The van der Waals surface area contributed by atoms with Crippen molar-refractivity contribution in [2.75, 3.05) is 12.4 Å². The molecule has 4 nitrogen and oxygen atoms in total. The smallest absolute Gasteiger partial charge is 0.264 e. The summed E-state index contributed by atoms with van der Waals surface area (Å²) in [7, 11) is -3.84. The Balaban J connectivity index is 3.56. The van der Waals surface area contributed by atoms with E-state index in [1.54, 1.807) is 6.92 Å². The molecular weight excluding hydrogens is 156 g/mol. The second-order valence-electron chi connectivity index (χ2n) is 2.36. The molecule has 1 atom stereocenters. The first kappa shape index (κ1) is 9.87. The number of aliphatic hydroxyl groups is 1. The van der Waals surface area contributed by atoms with E-state index in [-0.39, 0.29) is 18.3 Å². The Morgan fingerprint density at radius 2 is 2.00 bits per heavy atom. The lowest BCUT2D eigenvalue weighted by Crippen LogP contribution is -2.10. The number of hydrogen-bond acceptors (Lipinski definition) is 3. The normalized spacial score (nSPS) is 15.1. The molecule has 0 aliphatic heterocycles. The minimum atomic E-state index is -3.84. The van der Waals surface area contributed by atoms with Crippen molar-refractivity contribution < 1.29 is 18.1 Å². The topological polar surface area (TPSA) is 74.6 Å². The van der Waals surface area contributed by atoms with Crippen molar-refractivity contribution in [2.45, 2.75) is 13.3 Å². The van der Waals surface area contributed by atoms with Crippen LogP contribution < -0.4 is 0 Å². The highest BCUT2D eigenvalue weighted by atomic mass is 32.2. The van der Waals surface area contributed by atoms with Crippen LogP contribution in [-0.4, -0.2) is 30.4 Å². The zero-order valence-electron chi connectivity index (χ0n) is 5.82. The zero-order chi connectivity index (χ0) is 8.20. The molecule has 0 aliphatic carbocycles. The molecule has 5 heteroatoms. The van der Waals surface area contributed by atoms with Gasteiger partial charge in [0.15, 0.2) is 0 Å². The van der Waals surface area contributed by atoms with Gasteiger partial charge in [-0.3, -0.25) is 4.55 Å². The van der Waals surface area contributed by atoms with Gasteiger partial charge in [-0.2, -0.15) is 8.42 Å². The Morgan fingerprint density at radius 3 is 2.30 bits per heavy atom. The fraction of sp³-hybridized carbons (Fsp3) is 1.00. The van der Waals surface area contributed by atoms with E-state index in [0.717, 1.165) is 0 Å². The van der Waals surface area contributed by atoms with E-state index in [2.05, 4.69) is 0 Å². The molecule has 0 fully saturated rings. The van der Waals surface area contributed by atoms with E-state index >= 15 is 0 Å². The standard InChI is InChI=1S/C5H12O4S/c1-5(4-6)2-3-10(7,8)9/h5-6H,2-4H2,1H3,(H,7,8,9). The lowest BCUT2D eigenvalue weighted by Gasteiger charge is -2.03. The monoisotopic (exact) mass is 168 g/mol. The Labute approximate surface area is 60.6 Å². The molecule has 0 aromatic rings. The molecule has 0 amide bonds. The summed E-state index contributed by atoms with van der Waals surface area (Å²) >= 11 is 0. The molecule has 0 radical (unpaired) electrons. The first-order valence-electron chi connectivity index (χ1n) is 3.01. The van der Waals surface area contributed by atoms with Gasteiger partial charge in [0.05, 0.1) is 5.75 Å². The second-order valence-corrected chi connectivity index (χ2v) is 3.93. The van der Waals surface area contributed by atoms with Crippen molar-refractivity contribution in [2.24, 2.45) is 5.92 Å². The maximum Gasteiger partial charge on any atom is 0.264 e. The Bertz CT molecular complexity index is 172. The second kappa shape index (κ2) is 3.90. The number of aliphatic hydroxyl groups excluding tert-OH is 1. The Hall–Kier alpha value is -0.130. The molecule has 0 saturated heterocycles. The van der Waals surface area contributed by atoms with E-state index in [0.29, 0.717) is 6.42 Å². The molecule has 0 heterocycles. The molecule has 0 bridgehead atoms. The highest BCUT2D eigenvalue weighted by molar-refractivity contribution is 7.85. The van der Waals surface area contributed by atoms with Crippen LogP contribution in [0.1, 0.15) is 13.3 Å². The molecular formula is C5H12O4S. The van der Waals surface area contributed by atoms with Crippen LogP contribution >= 0.6 is 0 Å². The predicted octanol–water partition coefficient (Wildman–Crippen LogP) is -0.107. The largest absolute Gasteiger partial charge is 0.396 e. The van der Waals surface area contributed by atoms with Gasteiger partial charge >= 0.3 is 0 Å². The Kier molecular flexibility index (Phi) is 3.85. The van der Waals surface area contributed by atoms with Crippen molar-refractivity contribution in [3.05, 3.63) is 0 Å². The van der Waals surface area contributed by atoms with E-state index in [1.165, 1.54) is 0 Å². The van der Waals surface area contributed by atoms with Gasteiger partial charge in [0.2, 0.25) is 0 Å². The van der Waals surface area contributed by atoms with Crippen molar-refractivity contribution in [3.8, 4) is 0 Å². The maximum absolute atomic E-state index is 10.1. The average molecular weight is 168 g/mol. The van der Waals surface area contributed by atoms with Gasteiger partial charge in [-0.15, -0.1) is 0 Å². The van der Waals surface area contributed by atoms with Crippen molar-refractivity contribution in [1.29, 1.82) is 0 Å². The molecule has 0 aliphatic rings. The minimum Gasteiger partial charge on any atom is -0.396 e. The van der Waals surface area contributed by atoms with Crippen molar-refractivity contribution in [1.82, 2.24) is 0 Å². The van der Waals surface area contributed by atoms with Crippen LogP contribution in [0.15, 0.2) is 0 Å². The number of hydrogen-bond donors (Lipinski definition) is 2. The van der Waals surface area contributed by atoms with Gasteiger partial charge < -0.3 is 5.11 Å². The van der Waals surface area contributed by atoms with Crippen LogP contribution in [0.5, 0.6) is 0 Å². The summed E-state index contributed by atoms with van der Waals surface area (Å²) in [6.07, 6.45) is 0.301. The lowest BCUT2D eigenvalue weighted by atomic mass is 10.1.